The van der Waals surface area contributed by atoms with Gasteiger partial charge in [-0.2, -0.15) is 0 Å². The molecule has 0 unspecified atom stereocenters. The third-order valence-corrected chi connectivity index (χ3v) is 2.75. The van der Waals surface area contributed by atoms with Gasteiger partial charge < -0.3 is 9.84 Å². The van der Waals surface area contributed by atoms with Crippen molar-refractivity contribution in [3.05, 3.63) is 59.7 Å². The molecule has 0 aromatic heterocycles. The molecule has 0 saturated heterocycles. The lowest BCUT2D eigenvalue weighted by molar-refractivity contribution is 0.0600. The minimum absolute atomic E-state index is 0.230. The first kappa shape index (κ1) is 12.8. The van der Waals surface area contributed by atoms with Crippen molar-refractivity contribution < 1.29 is 19.4 Å². The Morgan fingerprint density at radius 2 is 1.63 bits per heavy atom. The van der Waals surface area contributed by atoms with Crippen LogP contribution >= 0.6 is 0 Å². The molecule has 4 heteroatoms. The normalized spacial score (nSPS) is 9.95. The summed E-state index contributed by atoms with van der Waals surface area (Å²) in [4.78, 5) is 22.2. The molecule has 0 bridgehead atoms. The van der Waals surface area contributed by atoms with Gasteiger partial charge in [-0.15, -0.1) is 0 Å². The maximum atomic E-state index is 11.4. The van der Waals surface area contributed by atoms with E-state index in [-0.39, 0.29) is 5.56 Å². The third-order valence-electron chi connectivity index (χ3n) is 2.75. The molecule has 0 aliphatic rings. The van der Waals surface area contributed by atoms with Gasteiger partial charge in [0.15, 0.2) is 0 Å². The number of methoxy groups -OCH3 is 1. The number of rotatable bonds is 3. The van der Waals surface area contributed by atoms with Gasteiger partial charge in [-0.05, 0) is 35.4 Å². The fraction of sp³-hybridized carbons (Fsp3) is 0.0667. The molecule has 0 atom stereocenters. The van der Waals surface area contributed by atoms with E-state index in [1.807, 2.05) is 6.07 Å². The highest BCUT2D eigenvalue weighted by Gasteiger charge is 2.07. The molecule has 0 spiro atoms. The Balaban J connectivity index is 2.36. The Hall–Kier alpha value is -2.62. The van der Waals surface area contributed by atoms with Crippen LogP contribution in [0, 0.1) is 0 Å². The van der Waals surface area contributed by atoms with E-state index in [0.29, 0.717) is 5.56 Å². The van der Waals surface area contributed by atoms with Crippen LogP contribution in [0.15, 0.2) is 48.5 Å². The van der Waals surface area contributed by atoms with Crippen LogP contribution in [0.2, 0.25) is 0 Å². The fourth-order valence-electron chi connectivity index (χ4n) is 1.75. The SMILES string of the molecule is COC(=O)c1cccc(-c2ccc(C(=O)O)cc2)c1. The fourth-order valence-corrected chi connectivity index (χ4v) is 1.75. The van der Waals surface area contributed by atoms with Gasteiger partial charge in [0.2, 0.25) is 0 Å². The number of carbonyl (C=O) groups is 2. The van der Waals surface area contributed by atoms with Crippen molar-refractivity contribution in [1.29, 1.82) is 0 Å². The molecule has 0 aliphatic heterocycles. The summed E-state index contributed by atoms with van der Waals surface area (Å²) in [5.41, 5.74) is 2.37. The van der Waals surface area contributed by atoms with Crippen molar-refractivity contribution >= 4 is 11.9 Å². The lowest BCUT2D eigenvalue weighted by atomic mass is 10.0. The van der Waals surface area contributed by atoms with E-state index >= 15 is 0 Å². The number of ether oxygens (including phenoxy) is 1. The highest BCUT2D eigenvalue weighted by Crippen LogP contribution is 2.21. The van der Waals surface area contributed by atoms with Crippen LogP contribution in [0.3, 0.4) is 0 Å². The van der Waals surface area contributed by atoms with Crippen LogP contribution in [-0.4, -0.2) is 24.2 Å². The van der Waals surface area contributed by atoms with Gasteiger partial charge in [0.1, 0.15) is 0 Å². The lowest BCUT2D eigenvalue weighted by Crippen LogP contribution is -2.00. The summed E-state index contributed by atoms with van der Waals surface area (Å²) in [5.74, 6) is -1.36. The Morgan fingerprint density at radius 3 is 2.21 bits per heavy atom. The van der Waals surface area contributed by atoms with Crippen molar-refractivity contribution in [2.24, 2.45) is 0 Å². The number of carboxylic acids is 1. The predicted molar refractivity (Wildman–Crippen MR) is 70.2 cm³/mol. The molecular weight excluding hydrogens is 244 g/mol. The average Bonchev–Trinajstić information content (AvgIpc) is 2.46. The summed E-state index contributed by atoms with van der Waals surface area (Å²) in [5, 5.41) is 8.83. The molecule has 2 rings (SSSR count). The number of esters is 1. The zero-order valence-electron chi connectivity index (χ0n) is 10.3. The highest BCUT2D eigenvalue weighted by atomic mass is 16.5. The number of carbonyl (C=O) groups excluding carboxylic acids is 1. The first-order chi connectivity index (χ1) is 9.11. The van der Waals surface area contributed by atoms with Gasteiger partial charge in [0.05, 0.1) is 18.2 Å². The van der Waals surface area contributed by atoms with Gasteiger partial charge in [-0.1, -0.05) is 24.3 Å². The second-order valence-electron chi connectivity index (χ2n) is 3.95. The monoisotopic (exact) mass is 256 g/mol. The highest BCUT2D eigenvalue weighted by molar-refractivity contribution is 5.91. The van der Waals surface area contributed by atoms with E-state index in [1.165, 1.54) is 19.2 Å². The molecule has 4 nitrogen and oxygen atoms in total. The van der Waals surface area contributed by atoms with Crippen LogP contribution in [0.5, 0.6) is 0 Å². The molecule has 0 fully saturated rings. The van der Waals surface area contributed by atoms with Crippen LogP contribution in [0.4, 0.5) is 0 Å². The quantitative estimate of drug-likeness (QED) is 0.858. The average molecular weight is 256 g/mol. The van der Waals surface area contributed by atoms with Gasteiger partial charge in [0.25, 0.3) is 0 Å². The van der Waals surface area contributed by atoms with E-state index in [2.05, 4.69) is 4.74 Å². The van der Waals surface area contributed by atoms with Crippen LogP contribution < -0.4 is 0 Å². The van der Waals surface area contributed by atoms with E-state index < -0.39 is 11.9 Å². The number of aromatic carboxylic acids is 1. The Kier molecular flexibility index (Phi) is 3.61. The molecule has 1 N–H and O–H groups in total. The van der Waals surface area contributed by atoms with Gasteiger partial charge in [-0.3, -0.25) is 0 Å². The zero-order chi connectivity index (χ0) is 13.8. The summed E-state index contributed by atoms with van der Waals surface area (Å²) in [6, 6.07) is 13.5. The van der Waals surface area contributed by atoms with E-state index in [0.717, 1.165) is 11.1 Å². The topological polar surface area (TPSA) is 63.6 Å². The van der Waals surface area contributed by atoms with E-state index in [1.54, 1.807) is 30.3 Å². The van der Waals surface area contributed by atoms with Crippen LogP contribution in [0.1, 0.15) is 20.7 Å². The van der Waals surface area contributed by atoms with Gasteiger partial charge >= 0.3 is 11.9 Å². The predicted octanol–water partition coefficient (Wildman–Crippen LogP) is 2.84. The Labute approximate surface area is 110 Å². The molecule has 2 aromatic rings. The van der Waals surface area contributed by atoms with E-state index in [9.17, 15) is 9.59 Å². The maximum absolute atomic E-state index is 11.4. The number of hydrogen-bond acceptors (Lipinski definition) is 3. The minimum atomic E-state index is -0.963. The summed E-state index contributed by atoms with van der Waals surface area (Å²) < 4.78 is 4.66. The summed E-state index contributed by atoms with van der Waals surface area (Å²) in [7, 11) is 1.33. The lowest BCUT2D eigenvalue weighted by Gasteiger charge is -2.05. The number of carboxylic acid groups (broad SMARTS) is 1. The van der Waals surface area contributed by atoms with Crippen molar-refractivity contribution in [3.63, 3.8) is 0 Å². The van der Waals surface area contributed by atoms with Gasteiger partial charge in [-0.25, -0.2) is 9.59 Å². The minimum Gasteiger partial charge on any atom is -0.478 e. The Morgan fingerprint density at radius 1 is 0.947 bits per heavy atom. The zero-order valence-corrected chi connectivity index (χ0v) is 10.3. The van der Waals surface area contributed by atoms with E-state index in [4.69, 9.17) is 5.11 Å². The summed E-state index contributed by atoms with van der Waals surface area (Å²) in [6.45, 7) is 0. The number of benzene rings is 2. The smallest absolute Gasteiger partial charge is 0.337 e. The molecule has 0 saturated carbocycles. The van der Waals surface area contributed by atoms with Gasteiger partial charge in [0, 0.05) is 0 Å². The molecule has 96 valence electrons. The van der Waals surface area contributed by atoms with Crippen molar-refractivity contribution in [3.8, 4) is 11.1 Å². The van der Waals surface area contributed by atoms with Crippen molar-refractivity contribution in [2.75, 3.05) is 7.11 Å². The second kappa shape index (κ2) is 5.35. The summed E-state index contributed by atoms with van der Waals surface area (Å²) >= 11 is 0. The number of hydrogen-bond donors (Lipinski definition) is 1. The van der Waals surface area contributed by atoms with Crippen LogP contribution in [-0.2, 0) is 4.74 Å². The molecule has 19 heavy (non-hydrogen) atoms. The van der Waals surface area contributed by atoms with Crippen LogP contribution in [0.25, 0.3) is 11.1 Å². The first-order valence-corrected chi connectivity index (χ1v) is 5.64. The standard InChI is InChI=1S/C15H12O4/c1-19-15(18)13-4-2-3-12(9-13)10-5-7-11(8-6-10)14(16)17/h2-9H,1H3,(H,16,17). The molecule has 0 heterocycles. The van der Waals surface area contributed by atoms with Crippen molar-refractivity contribution in [1.82, 2.24) is 0 Å². The first-order valence-electron chi connectivity index (χ1n) is 5.64. The molecule has 2 aromatic carbocycles. The molecule has 0 amide bonds. The largest absolute Gasteiger partial charge is 0.478 e. The second-order valence-corrected chi connectivity index (χ2v) is 3.95. The molecule has 0 aliphatic carbocycles. The molecular formula is C15H12O4. The maximum Gasteiger partial charge on any atom is 0.337 e. The Bertz CT molecular complexity index is 614. The van der Waals surface area contributed by atoms with Crippen molar-refractivity contribution in [2.45, 2.75) is 0 Å². The summed E-state index contributed by atoms with van der Waals surface area (Å²) in [6.07, 6.45) is 0. The molecule has 0 radical (unpaired) electrons. The third kappa shape index (κ3) is 2.80.